The zero-order chi connectivity index (χ0) is 15.6. The summed E-state index contributed by atoms with van der Waals surface area (Å²) in [5.74, 6) is 0.0809. The molecule has 0 aromatic carbocycles. The summed E-state index contributed by atoms with van der Waals surface area (Å²) in [6.07, 6.45) is 3.50. The van der Waals surface area contributed by atoms with Gasteiger partial charge < -0.3 is 14.9 Å². The Hall–Kier alpha value is -2.64. The van der Waals surface area contributed by atoms with Crippen LogP contribution in [0.1, 0.15) is 41.3 Å². The number of hydrogen-bond acceptors (Lipinski definition) is 4. The molecular weight excluding hydrogens is 274 g/mol. The summed E-state index contributed by atoms with van der Waals surface area (Å²) in [5.41, 5.74) is -0.497. The van der Waals surface area contributed by atoms with Crippen LogP contribution < -0.4 is 16.6 Å². The van der Waals surface area contributed by atoms with Gasteiger partial charge in [-0.1, -0.05) is 6.92 Å². The van der Waals surface area contributed by atoms with Gasteiger partial charge in [-0.2, -0.15) is 0 Å². The molecule has 0 bridgehead atoms. The minimum atomic E-state index is -0.707. The van der Waals surface area contributed by atoms with Crippen molar-refractivity contribution in [3.63, 3.8) is 0 Å². The lowest BCUT2D eigenvalue weighted by molar-refractivity contribution is 0.0931. The van der Waals surface area contributed by atoms with Crippen LogP contribution in [0.4, 0.5) is 0 Å². The zero-order valence-electron chi connectivity index (χ0n) is 12.1. The van der Waals surface area contributed by atoms with Gasteiger partial charge in [-0.05, 0) is 13.3 Å². The summed E-state index contributed by atoms with van der Waals surface area (Å²) in [5, 5.41) is 2.73. The molecule has 0 aliphatic heterocycles. The maximum atomic E-state index is 12.2. The predicted molar refractivity (Wildman–Crippen MR) is 76.1 cm³/mol. The van der Waals surface area contributed by atoms with E-state index in [1.807, 2.05) is 13.8 Å². The van der Waals surface area contributed by atoms with Gasteiger partial charge in [0, 0.05) is 25.1 Å². The molecule has 8 heteroatoms. The summed E-state index contributed by atoms with van der Waals surface area (Å²) < 4.78 is 1.15. The Morgan fingerprint density at radius 2 is 2.14 bits per heavy atom. The number of H-pyrrole nitrogens is 2. The second kappa shape index (κ2) is 5.78. The van der Waals surface area contributed by atoms with Crippen LogP contribution in [0.2, 0.25) is 0 Å². The van der Waals surface area contributed by atoms with Crippen LogP contribution >= 0.6 is 0 Å². The molecule has 1 atom stereocenters. The minimum absolute atomic E-state index is 0.112. The highest BCUT2D eigenvalue weighted by Gasteiger charge is 2.19. The number of aromatic amines is 2. The minimum Gasteiger partial charge on any atom is -0.344 e. The van der Waals surface area contributed by atoms with E-state index in [0.29, 0.717) is 12.2 Å². The van der Waals surface area contributed by atoms with Crippen molar-refractivity contribution in [1.29, 1.82) is 0 Å². The molecule has 0 spiro atoms. The first-order valence-corrected chi connectivity index (χ1v) is 6.54. The average Bonchev–Trinajstić information content (AvgIpc) is 2.86. The molecule has 0 fully saturated rings. The molecule has 0 saturated carbocycles. The van der Waals surface area contributed by atoms with Gasteiger partial charge >= 0.3 is 5.69 Å². The molecule has 2 heterocycles. The third kappa shape index (κ3) is 3.10. The second-order valence-electron chi connectivity index (χ2n) is 4.80. The van der Waals surface area contributed by atoms with Crippen molar-refractivity contribution < 1.29 is 4.79 Å². The van der Waals surface area contributed by atoms with Gasteiger partial charge in [0.25, 0.3) is 11.5 Å². The van der Waals surface area contributed by atoms with E-state index >= 15 is 0 Å². The maximum absolute atomic E-state index is 12.2. The van der Waals surface area contributed by atoms with E-state index in [9.17, 15) is 14.4 Å². The standard InChI is InChI=1S/C13H17N5O3/c1-4-9(10-14-5-7(2)15-10)16-11(19)8-6-18(3)13(21)17-12(8)20/h5-6,9H,4H2,1-3H3,(H,14,15)(H,16,19)(H,17,20,21). The van der Waals surface area contributed by atoms with Gasteiger partial charge in [0.05, 0.1) is 6.04 Å². The lowest BCUT2D eigenvalue weighted by Crippen LogP contribution is -2.37. The number of hydrogen-bond donors (Lipinski definition) is 3. The Bertz CT molecular complexity index is 771. The first kappa shape index (κ1) is 14.8. The summed E-state index contributed by atoms with van der Waals surface area (Å²) in [7, 11) is 1.46. The molecule has 21 heavy (non-hydrogen) atoms. The van der Waals surface area contributed by atoms with E-state index in [1.165, 1.54) is 13.2 Å². The van der Waals surface area contributed by atoms with E-state index in [4.69, 9.17) is 0 Å². The lowest BCUT2D eigenvalue weighted by atomic mass is 10.2. The van der Waals surface area contributed by atoms with Crippen molar-refractivity contribution >= 4 is 5.91 Å². The molecular formula is C13H17N5O3. The fourth-order valence-electron chi connectivity index (χ4n) is 1.94. The van der Waals surface area contributed by atoms with Crippen molar-refractivity contribution in [2.24, 2.45) is 7.05 Å². The predicted octanol–water partition coefficient (Wildman–Crippen LogP) is -0.0138. The fraction of sp³-hybridized carbons (Fsp3) is 0.385. The van der Waals surface area contributed by atoms with Gasteiger partial charge in [-0.25, -0.2) is 9.78 Å². The summed E-state index contributed by atoms with van der Waals surface area (Å²) >= 11 is 0. The number of carbonyl (C=O) groups is 1. The molecule has 0 radical (unpaired) electrons. The van der Waals surface area contributed by atoms with Crippen molar-refractivity contribution in [3.8, 4) is 0 Å². The van der Waals surface area contributed by atoms with E-state index in [-0.39, 0.29) is 11.6 Å². The molecule has 1 amide bonds. The highest BCUT2D eigenvalue weighted by Crippen LogP contribution is 2.13. The summed E-state index contributed by atoms with van der Waals surface area (Å²) in [4.78, 5) is 44.5. The number of aromatic nitrogens is 4. The van der Waals surface area contributed by atoms with Crippen molar-refractivity contribution in [2.75, 3.05) is 0 Å². The summed E-state index contributed by atoms with van der Waals surface area (Å²) in [6, 6.07) is -0.331. The molecule has 0 aliphatic carbocycles. The highest BCUT2D eigenvalue weighted by atomic mass is 16.2. The van der Waals surface area contributed by atoms with Crippen LogP contribution in [0.3, 0.4) is 0 Å². The number of nitrogens with zero attached hydrogens (tertiary/aromatic N) is 2. The smallest absolute Gasteiger partial charge is 0.328 e. The molecule has 0 saturated heterocycles. The molecule has 2 aromatic rings. The molecule has 8 nitrogen and oxygen atoms in total. The van der Waals surface area contributed by atoms with Crippen molar-refractivity contribution in [2.45, 2.75) is 26.3 Å². The normalized spacial score (nSPS) is 12.1. The van der Waals surface area contributed by atoms with Crippen LogP contribution in [-0.4, -0.2) is 25.4 Å². The van der Waals surface area contributed by atoms with Crippen LogP contribution in [0.5, 0.6) is 0 Å². The summed E-state index contributed by atoms with van der Waals surface area (Å²) in [6.45, 7) is 3.76. The number of carbonyl (C=O) groups excluding carboxylic acids is 1. The molecule has 2 aromatic heterocycles. The van der Waals surface area contributed by atoms with Gasteiger partial charge in [0.15, 0.2) is 0 Å². The van der Waals surface area contributed by atoms with Crippen molar-refractivity contribution in [3.05, 3.63) is 50.3 Å². The van der Waals surface area contributed by atoms with Gasteiger partial charge in [-0.3, -0.25) is 14.6 Å². The molecule has 3 N–H and O–H groups in total. The van der Waals surface area contributed by atoms with E-state index in [1.54, 1.807) is 6.20 Å². The quantitative estimate of drug-likeness (QED) is 0.735. The number of imidazole rings is 1. The number of nitrogens with one attached hydrogen (secondary N) is 3. The first-order chi connectivity index (χ1) is 9.92. The number of amides is 1. The van der Waals surface area contributed by atoms with E-state index in [2.05, 4.69) is 20.3 Å². The Morgan fingerprint density at radius 3 is 2.71 bits per heavy atom. The van der Waals surface area contributed by atoms with E-state index < -0.39 is 17.2 Å². The first-order valence-electron chi connectivity index (χ1n) is 6.54. The van der Waals surface area contributed by atoms with Crippen LogP contribution in [0.15, 0.2) is 22.0 Å². The Balaban J connectivity index is 2.26. The topological polar surface area (TPSA) is 113 Å². The third-order valence-corrected chi connectivity index (χ3v) is 3.12. The largest absolute Gasteiger partial charge is 0.344 e. The average molecular weight is 291 g/mol. The number of rotatable bonds is 4. The highest BCUT2D eigenvalue weighted by molar-refractivity contribution is 5.93. The van der Waals surface area contributed by atoms with Gasteiger partial charge in [0.1, 0.15) is 11.4 Å². The van der Waals surface area contributed by atoms with Gasteiger partial charge in [-0.15, -0.1) is 0 Å². The molecule has 2 rings (SSSR count). The van der Waals surface area contributed by atoms with Gasteiger partial charge in [0.2, 0.25) is 0 Å². The Morgan fingerprint density at radius 1 is 1.43 bits per heavy atom. The lowest BCUT2D eigenvalue weighted by Gasteiger charge is -2.14. The molecule has 0 aliphatic rings. The Kier molecular flexibility index (Phi) is 4.06. The Labute approximate surface area is 120 Å². The molecule has 1 unspecified atom stereocenters. The fourth-order valence-corrected chi connectivity index (χ4v) is 1.94. The van der Waals surface area contributed by atoms with Crippen LogP contribution in [0, 0.1) is 6.92 Å². The zero-order valence-corrected chi connectivity index (χ0v) is 12.1. The van der Waals surface area contributed by atoms with Crippen LogP contribution in [0.25, 0.3) is 0 Å². The van der Waals surface area contributed by atoms with E-state index in [0.717, 1.165) is 10.3 Å². The second-order valence-corrected chi connectivity index (χ2v) is 4.80. The molecule has 112 valence electrons. The van der Waals surface area contributed by atoms with Crippen LogP contribution in [-0.2, 0) is 7.05 Å². The SMILES string of the molecule is CCC(NC(=O)c1cn(C)c(=O)[nH]c1=O)c1ncc(C)[nH]1. The number of aryl methyl sites for hydroxylation is 2. The third-order valence-electron chi connectivity index (χ3n) is 3.12. The van der Waals surface area contributed by atoms with Crippen molar-refractivity contribution in [1.82, 2.24) is 24.8 Å². The maximum Gasteiger partial charge on any atom is 0.328 e. The monoisotopic (exact) mass is 291 g/mol.